The third kappa shape index (κ3) is 3.14. The number of carbonyl (C=O) groups is 1. The second-order valence-electron chi connectivity index (χ2n) is 3.70. The number of rotatable bonds is 2. The minimum atomic E-state index is -0.209. The smallest absolute Gasteiger partial charge is 0.255 e. The van der Waals surface area contributed by atoms with Gasteiger partial charge in [-0.25, -0.2) is 0 Å². The maximum atomic E-state index is 12.0. The first kappa shape index (κ1) is 13.2. The normalized spacial score (nSPS) is 10.1. The van der Waals surface area contributed by atoms with Crippen molar-refractivity contribution < 1.29 is 4.79 Å². The van der Waals surface area contributed by atoms with Gasteiger partial charge in [-0.1, -0.05) is 11.6 Å². The van der Waals surface area contributed by atoms with Gasteiger partial charge in [-0.2, -0.15) is 0 Å². The first-order chi connectivity index (χ1) is 8.56. The standard InChI is InChI=1S/C13H10ClIN2O/c14-11-6-5-10(16)7-12(11)17-13(18)8-1-3-9(15)4-2-8/h1-7H,16H2,(H,17,18). The molecule has 0 saturated carbocycles. The average molecular weight is 373 g/mol. The van der Waals surface area contributed by atoms with Crippen molar-refractivity contribution in [2.75, 3.05) is 11.1 Å². The minimum absolute atomic E-state index is 0.209. The van der Waals surface area contributed by atoms with Gasteiger partial charge in [0.1, 0.15) is 0 Å². The summed E-state index contributed by atoms with van der Waals surface area (Å²) in [7, 11) is 0. The van der Waals surface area contributed by atoms with Crippen LogP contribution in [-0.4, -0.2) is 5.91 Å². The van der Waals surface area contributed by atoms with Gasteiger partial charge in [0.25, 0.3) is 5.91 Å². The lowest BCUT2D eigenvalue weighted by Crippen LogP contribution is -2.12. The molecule has 2 rings (SSSR count). The predicted octanol–water partition coefficient (Wildman–Crippen LogP) is 3.78. The molecule has 0 fully saturated rings. The van der Waals surface area contributed by atoms with E-state index >= 15 is 0 Å². The highest BCUT2D eigenvalue weighted by Crippen LogP contribution is 2.24. The van der Waals surface area contributed by atoms with Crippen molar-refractivity contribution in [1.82, 2.24) is 0 Å². The third-order valence-electron chi connectivity index (χ3n) is 2.35. The zero-order valence-corrected chi connectivity index (χ0v) is 12.2. The van der Waals surface area contributed by atoms with Crippen LogP contribution in [0.15, 0.2) is 42.5 Å². The van der Waals surface area contributed by atoms with E-state index in [-0.39, 0.29) is 5.91 Å². The lowest BCUT2D eigenvalue weighted by molar-refractivity contribution is 0.102. The highest BCUT2D eigenvalue weighted by Gasteiger charge is 2.08. The fourth-order valence-corrected chi connectivity index (χ4v) is 1.96. The zero-order valence-electron chi connectivity index (χ0n) is 9.28. The Morgan fingerprint density at radius 2 is 1.83 bits per heavy atom. The van der Waals surface area contributed by atoms with E-state index in [1.165, 1.54) is 0 Å². The van der Waals surface area contributed by atoms with Gasteiger partial charge >= 0.3 is 0 Å². The summed E-state index contributed by atoms with van der Waals surface area (Å²) in [4.78, 5) is 12.0. The van der Waals surface area contributed by atoms with Crippen LogP contribution in [0.2, 0.25) is 5.02 Å². The largest absolute Gasteiger partial charge is 0.399 e. The van der Waals surface area contributed by atoms with Crippen LogP contribution in [-0.2, 0) is 0 Å². The quantitative estimate of drug-likeness (QED) is 0.623. The van der Waals surface area contributed by atoms with Crippen molar-refractivity contribution in [1.29, 1.82) is 0 Å². The molecule has 92 valence electrons. The van der Waals surface area contributed by atoms with E-state index in [9.17, 15) is 4.79 Å². The molecule has 0 aromatic heterocycles. The maximum absolute atomic E-state index is 12.0. The number of hydrogen-bond donors (Lipinski definition) is 2. The fraction of sp³-hybridized carbons (Fsp3) is 0. The Labute approximate surface area is 123 Å². The number of nitrogens with two attached hydrogens (primary N) is 1. The molecule has 2 aromatic rings. The molecular formula is C13H10ClIN2O. The van der Waals surface area contributed by atoms with Gasteiger partial charge in [0, 0.05) is 14.8 Å². The van der Waals surface area contributed by atoms with Crippen molar-refractivity contribution in [2.24, 2.45) is 0 Å². The summed E-state index contributed by atoms with van der Waals surface area (Å²) in [6.07, 6.45) is 0. The lowest BCUT2D eigenvalue weighted by Gasteiger charge is -2.08. The first-order valence-electron chi connectivity index (χ1n) is 5.18. The second kappa shape index (κ2) is 5.58. The van der Waals surface area contributed by atoms with E-state index in [1.54, 1.807) is 30.3 Å². The topological polar surface area (TPSA) is 55.1 Å². The predicted molar refractivity (Wildman–Crippen MR) is 83.0 cm³/mol. The summed E-state index contributed by atoms with van der Waals surface area (Å²) >= 11 is 8.17. The van der Waals surface area contributed by atoms with E-state index in [0.29, 0.717) is 22.0 Å². The van der Waals surface area contributed by atoms with Gasteiger partial charge in [-0.15, -0.1) is 0 Å². The number of nitrogen functional groups attached to an aromatic ring is 1. The van der Waals surface area contributed by atoms with Gasteiger partial charge in [-0.3, -0.25) is 4.79 Å². The van der Waals surface area contributed by atoms with Crippen LogP contribution in [0.4, 0.5) is 11.4 Å². The summed E-state index contributed by atoms with van der Waals surface area (Å²) in [6, 6.07) is 12.2. The van der Waals surface area contributed by atoms with Crippen molar-refractivity contribution in [3.05, 3.63) is 56.6 Å². The Bertz CT molecular complexity index is 584. The van der Waals surface area contributed by atoms with Crippen LogP contribution in [0.1, 0.15) is 10.4 Å². The fourth-order valence-electron chi connectivity index (χ4n) is 1.43. The van der Waals surface area contributed by atoms with Crippen LogP contribution in [0, 0.1) is 3.57 Å². The van der Waals surface area contributed by atoms with Crippen molar-refractivity contribution in [2.45, 2.75) is 0 Å². The lowest BCUT2D eigenvalue weighted by atomic mass is 10.2. The zero-order chi connectivity index (χ0) is 13.1. The molecule has 0 saturated heterocycles. The SMILES string of the molecule is Nc1ccc(Cl)c(NC(=O)c2ccc(I)cc2)c1. The van der Waals surface area contributed by atoms with Gasteiger partial charge in [0.2, 0.25) is 0 Å². The summed E-state index contributed by atoms with van der Waals surface area (Å²) in [5, 5.41) is 3.19. The summed E-state index contributed by atoms with van der Waals surface area (Å²) in [5.74, 6) is -0.209. The van der Waals surface area contributed by atoms with Gasteiger partial charge < -0.3 is 11.1 Å². The third-order valence-corrected chi connectivity index (χ3v) is 3.39. The molecule has 0 spiro atoms. The van der Waals surface area contributed by atoms with Gasteiger partial charge in [0.05, 0.1) is 10.7 Å². The minimum Gasteiger partial charge on any atom is -0.399 e. The highest BCUT2D eigenvalue weighted by molar-refractivity contribution is 14.1. The Morgan fingerprint density at radius 1 is 1.17 bits per heavy atom. The van der Waals surface area contributed by atoms with Gasteiger partial charge in [-0.05, 0) is 65.1 Å². The number of benzene rings is 2. The number of halogens is 2. The van der Waals surface area contributed by atoms with E-state index < -0.39 is 0 Å². The van der Waals surface area contributed by atoms with Crippen molar-refractivity contribution in [3.8, 4) is 0 Å². The monoisotopic (exact) mass is 372 g/mol. The number of carbonyl (C=O) groups excluding carboxylic acids is 1. The van der Waals surface area contributed by atoms with Crippen LogP contribution < -0.4 is 11.1 Å². The summed E-state index contributed by atoms with van der Waals surface area (Å²) in [5.41, 5.74) is 7.30. The molecule has 0 unspecified atom stereocenters. The van der Waals surface area contributed by atoms with E-state index in [2.05, 4.69) is 27.9 Å². The van der Waals surface area contributed by atoms with E-state index in [1.807, 2.05) is 12.1 Å². The molecule has 0 atom stereocenters. The molecule has 3 N–H and O–H groups in total. The molecule has 0 bridgehead atoms. The van der Waals surface area contributed by atoms with Crippen LogP contribution in [0.5, 0.6) is 0 Å². The molecule has 0 radical (unpaired) electrons. The van der Waals surface area contributed by atoms with E-state index in [0.717, 1.165) is 3.57 Å². The molecule has 0 aliphatic heterocycles. The maximum Gasteiger partial charge on any atom is 0.255 e. The Balaban J connectivity index is 2.21. The second-order valence-corrected chi connectivity index (χ2v) is 5.35. The van der Waals surface area contributed by atoms with Crippen LogP contribution >= 0.6 is 34.2 Å². The molecule has 18 heavy (non-hydrogen) atoms. The Morgan fingerprint density at radius 3 is 2.50 bits per heavy atom. The van der Waals surface area contributed by atoms with Crippen LogP contribution in [0.25, 0.3) is 0 Å². The van der Waals surface area contributed by atoms with Crippen molar-refractivity contribution >= 4 is 51.5 Å². The molecule has 0 aliphatic rings. The number of hydrogen-bond acceptors (Lipinski definition) is 2. The van der Waals surface area contributed by atoms with Crippen LogP contribution in [0.3, 0.4) is 0 Å². The molecule has 2 aromatic carbocycles. The van der Waals surface area contributed by atoms with Crippen molar-refractivity contribution in [3.63, 3.8) is 0 Å². The summed E-state index contributed by atoms with van der Waals surface area (Å²) in [6.45, 7) is 0. The van der Waals surface area contributed by atoms with E-state index in [4.69, 9.17) is 17.3 Å². The first-order valence-corrected chi connectivity index (χ1v) is 6.64. The molecule has 0 heterocycles. The summed E-state index contributed by atoms with van der Waals surface area (Å²) < 4.78 is 1.08. The molecule has 5 heteroatoms. The number of anilines is 2. The average Bonchev–Trinajstić information content (AvgIpc) is 2.34. The molecule has 1 amide bonds. The molecule has 3 nitrogen and oxygen atoms in total. The number of nitrogens with one attached hydrogen (secondary N) is 1. The van der Waals surface area contributed by atoms with Gasteiger partial charge in [0.15, 0.2) is 0 Å². The molecule has 0 aliphatic carbocycles. The Kier molecular flexibility index (Phi) is 4.08. The Hall–Kier alpha value is -1.27. The number of amides is 1. The highest BCUT2D eigenvalue weighted by atomic mass is 127. The molecular weight excluding hydrogens is 363 g/mol.